The molecule has 1 N–H and O–H groups in total. The quantitative estimate of drug-likeness (QED) is 0.388. The maximum Gasteiger partial charge on any atom is 0.573 e. The number of hydrogen-bond donors (Lipinski definition) is 1. The highest BCUT2D eigenvalue weighted by Gasteiger charge is 2.32. The Morgan fingerprint density at radius 3 is 2.37 bits per heavy atom. The molecule has 0 unspecified atom stereocenters. The topological polar surface area (TPSA) is 91.2 Å². The van der Waals surface area contributed by atoms with Crippen LogP contribution in [0.1, 0.15) is 27.6 Å². The normalized spacial score (nSPS) is 11.3. The Balaban J connectivity index is 1.48. The van der Waals surface area contributed by atoms with Crippen molar-refractivity contribution in [2.75, 3.05) is 5.32 Å². The summed E-state index contributed by atoms with van der Waals surface area (Å²) in [5, 5.41) is 2.55. The van der Waals surface area contributed by atoms with E-state index in [1.165, 1.54) is 18.2 Å². The Morgan fingerprint density at radius 2 is 1.71 bits per heavy atom. The van der Waals surface area contributed by atoms with Crippen molar-refractivity contribution in [3.8, 4) is 23.2 Å². The third-order valence-electron chi connectivity index (χ3n) is 4.99. The zero-order valence-electron chi connectivity index (χ0n) is 18.9. The smallest absolute Gasteiger partial charge is 0.439 e. The van der Waals surface area contributed by atoms with Crippen molar-refractivity contribution in [1.29, 1.82) is 0 Å². The van der Waals surface area contributed by atoms with E-state index >= 15 is 0 Å². The van der Waals surface area contributed by atoms with Gasteiger partial charge in [0.05, 0.1) is 11.3 Å². The molecule has 2 aromatic heterocycles. The molecule has 0 saturated carbocycles. The first-order valence-electron chi connectivity index (χ1n) is 10.4. The van der Waals surface area contributed by atoms with E-state index in [0.29, 0.717) is 29.0 Å². The summed E-state index contributed by atoms with van der Waals surface area (Å²) in [4.78, 5) is 25.5. The van der Waals surface area contributed by atoms with Gasteiger partial charge in [-0.3, -0.25) is 9.36 Å². The Bertz CT molecular complexity index is 1370. The van der Waals surface area contributed by atoms with Gasteiger partial charge in [-0.2, -0.15) is 4.98 Å². The molecule has 0 fully saturated rings. The Labute approximate surface area is 198 Å². The second-order valence-electron chi connectivity index (χ2n) is 7.52. The SMILES string of the molecule is Cc1nc(Oc2ccc(NC(=O)c3ccccc3OC(F)(F)F)cc2)cc(-n2cnc(C)c2C)n1. The Hall–Kier alpha value is -4.41. The summed E-state index contributed by atoms with van der Waals surface area (Å²) >= 11 is 0. The summed E-state index contributed by atoms with van der Waals surface area (Å²) in [5.41, 5.74) is 1.93. The predicted octanol–water partition coefficient (Wildman–Crippen LogP) is 5.53. The fourth-order valence-electron chi connectivity index (χ4n) is 3.22. The molecule has 180 valence electrons. The van der Waals surface area contributed by atoms with Crippen LogP contribution >= 0.6 is 0 Å². The lowest BCUT2D eigenvalue weighted by Gasteiger charge is -2.13. The number of aryl methyl sites for hydroxylation is 2. The monoisotopic (exact) mass is 483 g/mol. The molecule has 2 heterocycles. The van der Waals surface area contributed by atoms with Crippen LogP contribution in [-0.4, -0.2) is 31.8 Å². The van der Waals surface area contributed by atoms with Crippen LogP contribution in [0.2, 0.25) is 0 Å². The molecule has 0 saturated heterocycles. The van der Waals surface area contributed by atoms with Crippen LogP contribution in [0.15, 0.2) is 60.9 Å². The minimum absolute atomic E-state index is 0.251. The molecule has 11 heteroatoms. The maximum atomic E-state index is 12.6. The lowest BCUT2D eigenvalue weighted by molar-refractivity contribution is -0.274. The number of amides is 1. The average Bonchev–Trinajstić information content (AvgIpc) is 3.12. The lowest BCUT2D eigenvalue weighted by atomic mass is 10.2. The first-order valence-corrected chi connectivity index (χ1v) is 10.4. The standard InChI is InChI=1S/C24H20F3N5O3/c1-14-15(2)32(13-28-14)21-12-22(30-16(3)29-21)34-18-10-8-17(9-11-18)31-23(33)19-6-4-5-7-20(19)35-24(25,26)27/h4-13H,1-3H3,(H,31,33). The van der Waals surface area contributed by atoms with E-state index in [2.05, 4.69) is 25.0 Å². The summed E-state index contributed by atoms with van der Waals surface area (Å²) in [5.74, 6) is 0.525. The number of benzene rings is 2. The van der Waals surface area contributed by atoms with E-state index in [9.17, 15) is 18.0 Å². The van der Waals surface area contributed by atoms with Gasteiger partial charge in [0.15, 0.2) is 0 Å². The molecule has 1 amide bonds. The Morgan fingerprint density at radius 1 is 1.00 bits per heavy atom. The second kappa shape index (κ2) is 9.45. The molecule has 0 aliphatic carbocycles. The minimum Gasteiger partial charge on any atom is -0.439 e. The van der Waals surface area contributed by atoms with Crippen LogP contribution in [0.4, 0.5) is 18.9 Å². The molecule has 2 aromatic carbocycles. The molecular weight excluding hydrogens is 463 g/mol. The molecule has 4 aromatic rings. The molecule has 0 atom stereocenters. The lowest BCUT2D eigenvalue weighted by Crippen LogP contribution is -2.20. The summed E-state index contributed by atoms with van der Waals surface area (Å²) < 4.78 is 49.5. The van der Waals surface area contributed by atoms with Crippen LogP contribution in [0.5, 0.6) is 17.4 Å². The Kier molecular flexibility index (Phi) is 6.41. The number of rotatable bonds is 6. The van der Waals surface area contributed by atoms with Gasteiger partial charge in [-0.15, -0.1) is 13.2 Å². The van der Waals surface area contributed by atoms with E-state index in [4.69, 9.17) is 4.74 Å². The zero-order valence-corrected chi connectivity index (χ0v) is 18.9. The van der Waals surface area contributed by atoms with E-state index < -0.39 is 18.0 Å². The highest BCUT2D eigenvalue weighted by atomic mass is 19.4. The number of aromatic nitrogens is 4. The fraction of sp³-hybridized carbons (Fsp3) is 0.167. The fourth-order valence-corrected chi connectivity index (χ4v) is 3.22. The van der Waals surface area contributed by atoms with E-state index in [1.807, 2.05) is 18.4 Å². The average molecular weight is 483 g/mol. The van der Waals surface area contributed by atoms with Crippen LogP contribution in [0, 0.1) is 20.8 Å². The van der Waals surface area contributed by atoms with Gasteiger partial charge in [-0.05, 0) is 57.2 Å². The third-order valence-corrected chi connectivity index (χ3v) is 4.99. The van der Waals surface area contributed by atoms with Crippen molar-refractivity contribution in [2.45, 2.75) is 27.1 Å². The molecule has 35 heavy (non-hydrogen) atoms. The number of nitrogens with one attached hydrogen (secondary N) is 1. The van der Waals surface area contributed by atoms with Crippen molar-refractivity contribution < 1.29 is 27.4 Å². The summed E-state index contributed by atoms with van der Waals surface area (Å²) in [6.07, 6.45) is -3.24. The number of imidazole rings is 1. The number of halogens is 3. The predicted molar refractivity (Wildman–Crippen MR) is 121 cm³/mol. The second-order valence-corrected chi connectivity index (χ2v) is 7.52. The summed E-state index contributed by atoms with van der Waals surface area (Å²) in [6, 6.07) is 13.1. The molecule has 0 radical (unpaired) electrons. The highest BCUT2D eigenvalue weighted by Crippen LogP contribution is 2.28. The van der Waals surface area contributed by atoms with Crippen molar-refractivity contribution in [3.63, 3.8) is 0 Å². The van der Waals surface area contributed by atoms with Gasteiger partial charge in [-0.1, -0.05) is 12.1 Å². The van der Waals surface area contributed by atoms with Gasteiger partial charge in [0.1, 0.15) is 29.5 Å². The van der Waals surface area contributed by atoms with E-state index in [1.54, 1.807) is 43.6 Å². The number of ether oxygens (including phenoxy) is 2. The van der Waals surface area contributed by atoms with Crippen molar-refractivity contribution in [1.82, 2.24) is 19.5 Å². The van der Waals surface area contributed by atoms with E-state index in [0.717, 1.165) is 17.5 Å². The first kappa shape index (κ1) is 23.7. The van der Waals surface area contributed by atoms with Crippen molar-refractivity contribution in [2.24, 2.45) is 0 Å². The van der Waals surface area contributed by atoms with Gasteiger partial charge < -0.3 is 14.8 Å². The van der Waals surface area contributed by atoms with Crippen molar-refractivity contribution >= 4 is 11.6 Å². The number of anilines is 1. The molecular formula is C24H20F3N5O3. The zero-order chi connectivity index (χ0) is 25.2. The maximum absolute atomic E-state index is 12.6. The minimum atomic E-state index is -4.91. The van der Waals surface area contributed by atoms with Gasteiger partial charge in [0.2, 0.25) is 5.88 Å². The third kappa shape index (κ3) is 5.75. The van der Waals surface area contributed by atoms with Crippen LogP contribution in [0.3, 0.4) is 0 Å². The van der Waals surface area contributed by atoms with Gasteiger partial charge >= 0.3 is 6.36 Å². The number of hydrogen-bond acceptors (Lipinski definition) is 6. The van der Waals surface area contributed by atoms with E-state index in [-0.39, 0.29) is 5.56 Å². The molecule has 4 rings (SSSR count). The number of alkyl halides is 3. The van der Waals surface area contributed by atoms with Gasteiger partial charge in [-0.25, -0.2) is 9.97 Å². The number of carbonyl (C=O) groups is 1. The summed E-state index contributed by atoms with van der Waals surface area (Å²) in [7, 11) is 0. The van der Waals surface area contributed by atoms with Crippen molar-refractivity contribution in [3.05, 3.63) is 83.7 Å². The summed E-state index contributed by atoms with van der Waals surface area (Å²) in [6.45, 7) is 5.58. The molecule has 0 aliphatic rings. The largest absolute Gasteiger partial charge is 0.573 e. The first-order chi connectivity index (χ1) is 16.6. The number of carbonyl (C=O) groups excluding carboxylic acids is 1. The van der Waals surface area contributed by atoms with Crippen LogP contribution in [-0.2, 0) is 0 Å². The molecule has 8 nitrogen and oxygen atoms in total. The molecule has 0 bridgehead atoms. The van der Waals surface area contributed by atoms with Crippen LogP contribution < -0.4 is 14.8 Å². The highest BCUT2D eigenvalue weighted by molar-refractivity contribution is 6.06. The number of nitrogens with zero attached hydrogens (tertiary/aromatic N) is 4. The molecule has 0 spiro atoms. The van der Waals surface area contributed by atoms with Gasteiger partial charge in [0, 0.05) is 17.4 Å². The molecule has 0 aliphatic heterocycles. The number of para-hydroxylation sites is 1. The van der Waals surface area contributed by atoms with Gasteiger partial charge in [0.25, 0.3) is 5.91 Å². The van der Waals surface area contributed by atoms with Crippen LogP contribution in [0.25, 0.3) is 5.82 Å².